The predicted octanol–water partition coefficient (Wildman–Crippen LogP) is 6.60. The number of carbonyl (C=O) groups excluding carboxylic acids is 1. The maximum atomic E-state index is 12.8. The minimum absolute atomic E-state index is 0. The number of nitrogens with two attached hydrogens (primary N) is 2. The van der Waals surface area contributed by atoms with Gasteiger partial charge in [-0.3, -0.25) is 24.3 Å². The second-order valence-corrected chi connectivity index (χ2v) is 20.3. The highest BCUT2D eigenvalue weighted by Crippen LogP contribution is 2.30. The van der Waals surface area contributed by atoms with Crippen LogP contribution >= 0.6 is 28.3 Å². The first-order chi connectivity index (χ1) is 37.9. The zero-order valence-corrected chi connectivity index (χ0v) is 50.6. The molecule has 2 aromatic carbocycles. The highest BCUT2D eigenvalue weighted by molar-refractivity contribution is 9.10. The summed E-state index contributed by atoms with van der Waals surface area (Å²) < 4.78 is 26.1. The van der Waals surface area contributed by atoms with Crippen LogP contribution in [0.15, 0.2) is 88.3 Å². The Morgan fingerprint density at radius 1 is 0.637 bits per heavy atom. The van der Waals surface area contributed by atoms with Gasteiger partial charge < -0.3 is 60.4 Å². The Balaban J connectivity index is 0.000000234. The minimum Gasteiger partial charge on any atom is -0.497 e. The lowest BCUT2D eigenvalue weighted by Crippen LogP contribution is -2.49. The highest BCUT2D eigenvalue weighted by atomic mass is 79.9. The molecule has 0 saturated carbocycles. The average Bonchev–Trinajstić information content (AvgIpc) is 3.47. The van der Waals surface area contributed by atoms with E-state index in [0.717, 1.165) is 87.7 Å². The number of aliphatic hydroxyl groups is 1. The van der Waals surface area contributed by atoms with Crippen molar-refractivity contribution in [3.63, 3.8) is 0 Å². The molecule has 80 heavy (non-hydrogen) atoms. The standard InChI is InChI=1S/C22H27N5O3.C13H21N3O.C9H12N2O3.C7H16N2.C6H6BrNO.ClH/c1-14(2)26-7-9-27(10-8-26)19-6-4-5-16(23-19)21-24-17-11-15(13-28)12-18(30-3)20(17)22(29)25-21;1-11(2)15-7-9-16(10-8-15)12-5-4-6-13(14-12)17-3;1-13-5-3-6(10)8(9(11)12)7(4-5)14-2;1-7(2)9-5-3-8-4-6-9;1-9-6-4-2-3-5(7)8-6;/h4-6,11-12,14,28H,7-10,13H2,1-3H3,(H,24,25,29);4-6,11H,7-10H2,1-3H3;3-4H,10H2,1-2H3,(H2,11,12);7-8H,3-6H2,1-2H3;2-4H,1H3;1H. The summed E-state index contributed by atoms with van der Waals surface area (Å²) in [5.74, 6) is 4.21. The van der Waals surface area contributed by atoms with Crippen LogP contribution in [0.4, 0.5) is 17.3 Å². The van der Waals surface area contributed by atoms with Crippen molar-refractivity contribution in [2.24, 2.45) is 5.73 Å². The van der Waals surface area contributed by atoms with E-state index in [2.05, 4.69) is 107 Å². The molecule has 0 bridgehead atoms. The number of nitrogens with one attached hydrogen (secondary N) is 2. The molecule has 7 heterocycles. The average molecular weight is 1190 g/mol. The molecule has 7 N–H and O–H groups in total. The van der Waals surface area contributed by atoms with Gasteiger partial charge in [0.05, 0.1) is 53.4 Å². The van der Waals surface area contributed by atoms with Gasteiger partial charge in [0.15, 0.2) is 5.82 Å². The van der Waals surface area contributed by atoms with Crippen molar-refractivity contribution in [1.29, 1.82) is 0 Å². The molecule has 438 valence electrons. The number of hydrogen-bond acceptors (Lipinski definition) is 19. The Morgan fingerprint density at radius 2 is 1.15 bits per heavy atom. The number of aromatic nitrogens is 5. The van der Waals surface area contributed by atoms with E-state index in [0.29, 0.717) is 69.1 Å². The zero-order valence-electron chi connectivity index (χ0n) is 48.2. The number of primary amides is 1. The molecule has 6 aromatic rings. The number of nitrogen functional groups attached to an aromatic ring is 1. The summed E-state index contributed by atoms with van der Waals surface area (Å²) in [7, 11) is 7.67. The number of fused-ring (bicyclic) bond motifs is 1. The second-order valence-electron chi connectivity index (χ2n) is 19.5. The lowest BCUT2D eigenvalue weighted by molar-refractivity contribution is 0.0998. The zero-order chi connectivity index (χ0) is 57.6. The van der Waals surface area contributed by atoms with E-state index >= 15 is 0 Å². The van der Waals surface area contributed by atoms with Gasteiger partial charge in [-0.25, -0.2) is 15.0 Å². The van der Waals surface area contributed by atoms with E-state index in [1.165, 1.54) is 40.5 Å². The van der Waals surface area contributed by atoms with Crippen molar-refractivity contribution in [2.45, 2.75) is 66.3 Å². The largest absolute Gasteiger partial charge is 0.497 e. The van der Waals surface area contributed by atoms with Gasteiger partial charge in [0.2, 0.25) is 11.8 Å². The molecule has 0 aliphatic carbocycles. The third kappa shape index (κ3) is 19.3. The fourth-order valence-corrected chi connectivity index (χ4v) is 9.21. The first kappa shape index (κ1) is 66.0. The number of halogens is 2. The van der Waals surface area contributed by atoms with Crippen molar-refractivity contribution in [1.82, 2.24) is 44.9 Å². The van der Waals surface area contributed by atoms with E-state index in [-0.39, 0.29) is 35.8 Å². The van der Waals surface area contributed by atoms with E-state index in [4.69, 9.17) is 40.1 Å². The van der Waals surface area contributed by atoms with Crippen LogP contribution in [0.5, 0.6) is 29.0 Å². The first-order valence-electron chi connectivity index (χ1n) is 26.5. The van der Waals surface area contributed by atoms with Gasteiger partial charge in [0.25, 0.3) is 11.5 Å². The van der Waals surface area contributed by atoms with E-state index in [1.54, 1.807) is 38.5 Å². The SMILES string of the molecule is CC(C)N1CCNCC1.COc1cc(CO)cc2nc(-c3cccc(N4CCN(C(C)C)CC4)n3)[nH]c(=O)c12.COc1cc(N)c(C(N)=O)c(OC)c1.COc1cccc(Br)n1.COc1cccc(N2CCN(C(C)C)CC2)n1.Cl. The van der Waals surface area contributed by atoms with Crippen molar-refractivity contribution in [3.05, 3.63) is 105 Å². The molecule has 9 rings (SSSR count). The number of H-pyrrole nitrogens is 1. The first-order valence-corrected chi connectivity index (χ1v) is 27.3. The van der Waals surface area contributed by atoms with Crippen molar-refractivity contribution in [2.75, 3.05) is 130 Å². The number of aromatic amines is 1. The minimum atomic E-state index is -0.623. The van der Waals surface area contributed by atoms with E-state index < -0.39 is 5.91 Å². The highest BCUT2D eigenvalue weighted by Gasteiger charge is 2.22. The number of carbonyl (C=O) groups is 1. The number of amides is 1. The number of methoxy groups -OCH3 is 5. The Hall–Kier alpha value is -6.53. The van der Waals surface area contributed by atoms with Gasteiger partial charge in [-0.1, -0.05) is 18.2 Å². The summed E-state index contributed by atoms with van der Waals surface area (Å²) in [6, 6.07) is 25.5. The summed E-state index contributed by atoms with van der Waals surface area (Å²) in [4.78, 5) is 56.5. The Morgan fingerprint density at radius 3 is 1.61 bits per heavy atom. The second kappa shape index (κ2) is 33.3. The quantitative estimate of drug-likeness (QED) is 0.0604. The number of pyridine rings is 3. The van der Waals surface area contributed by atoms with Crippen LogP contribution in [-0.4, -0.2) is 183 Å². The molecule has 23 heteroatoms. The van der Waals surface area contributed by atoms with Crippen LogP contribution in [0.3, 0.4) is 0 Å². The number of ether oxygens (including phenoxy) is 5. The molecular formula is C57H83BrClN13O8. The molecule has 3 aliphatic rings. The topological polar surface area (TPSA) is 248 Å². The van der Waals surface area contributed by atoms with Gasteiger partial charge in [-0.15, -0.1) is 12.4 Å². The number of rotatable bonds is 13. The van der Waals surface area contributed by atoms with Crippen LogP contribution in [0, 0.1) is 0 Å². The lowest BCUT2D eigenvalue weighted by Gasteiger charge is -2.37. The van der Waals surface area contributed by atoms with Gasteiger partial charge >= 0.3 is 0 Å². The Bertz CT molecular complexity index is 2900. The fraction of sp³-hybridized carbons (Fsp3) is 0.474. The molecule has 0 atom stereocenters. The monoisotopic (exact) mass is 1190 g/mol. The van der Waals surface area contributed by atoms with Crippen molar-refractivity contribution in [3.8, 4) is 40.5 Å². The fourth-order valence-electron chi connectivity index (χ4n) is 8.88. The van der Waals surface area contributed by atoms with Gasteiger partial charge in [0.1, 0.15) is 50.1 Å². The molecular weight excluding hydrogens is 1110 g/mol. The molecule has 3 fully saturated rings. The van der Waals surface area contributed by atoms with E-state index in [9.17, 15) is 14.7 Å². The van der Waals surface area contributed by atoms with Gasteiger partial charge in [-0.2, -0.15) is 4.98 Å². The maximum Gasteiger partial charge on any atom is 0.262 e. The summed E-state index contributed by atoms with van der Waals surface area (Å²) in [5.41, 5.74) is 12.6. The smallest absolute Gasteiger partial charge is 0.262 e. The van der Waals surface area contributed by atoms with Crippen LogP contribution in [0.25, 0.3) is 22.4 Å². The molecule has 4 aromatic heterocycles. The molecule has 0 radical (unpaired) electrons. The molecule has 1 amide bonds. The van der Waals surface area contributed by atoms with Crippen LogP contribution in [-0.2, 0) is 6.61 Å². The lowest BCUT2D eigenvalue weighted by atomic mass is 10.1. The van der Waals surface area contributed by atoms with Gasteiger partial charge in [-0.05, 0) is 99.4 Å². The van der Waals surface area contributed by atoms with Crippen LogP contribution in [0.2, 0.25) is 0 Å². The van der Waals surface area contributed by atoms with E-state index in [1.807, 2.05) is 48.5 Å². The summed E-state index contributed by atoms with van der Waals surface area (Å²) >= 11 is 3.21. The number of anilines is 3. The van der Waals surface area contributed by atoms with Crippen LogP contribution in [0.1, 0.15) is 57.5 Å². The molecule has 21 nitrogen and oxygen atoms in total. The molecule has 3 saturated heterocycles. The third-order valence-corrected chi connectivity index (χ3v) is 13.9. The normalized spacial score (nSPS) is 14.7. The number of benzene rings is 2. The number of nitrogens with zero attached hydrogens (tertiary/aromatic N) is 9. The number of piperazine rings is 3. The molecule has 0 spiro atoms. The van der Waals surface area contributed by atoms with Crippen molar-refractivity contribution < 1.29 is 33.6 Å². The summed E-state index contributed by atoms with van der Waals surface area (Å²) in [6.45, 7) is 26.2. The molecule has 3 aliphatic heterocycles. The summed E-state index contributed by atoms with van der Waals surface area (Å²) in [5, 5.41) is 13.2. The maximum absolute atomic E-state index is 12.8. The summed E-state index contributed by atoms with van der Waals surface area (Å²) in [6.07, 6.45) is 0. The third-order valence-electron chi connectivity index (χ3n) is 13.5. The Kier molecular flexibility index (Phi) is 27.4. The number of aliphatic hydroxyl groups excluding tert-OH is 1. The van der Waals surface area contributed by atoms with Gasteiger partial charge in [0, 0.05) is 121 Å². The van der Waals surface area contributed by atoms with Crippen LogP contribution < -0.4 is 55.8 Å². The number of hydrogen-bond donors (Lipinski definition) is 5. The van der Waals surface area contributed by atoms with Crippen molar-refractivity contribution >= 4 is 62.5 Å². The predicted molar refractivity (Wildman–Crippen MR) is 324 cm³/mol. The Labute approximate surface area is 485 Å². The molecule has 0 unspecified atom stereocenters.